The first-order valence-corrected chi connectivity index (χ1v) is 9.16. The SMILES string of the molecule is FC(F)Oc1ccccc1NC(=S)Nc1ccn(Cc2ccc(Cl)c(Cl)c2)n1. The minimum Gasteiger partial charge on any atom is -0.433 e. The largest absolute Gasteiger partial charge is 0.433 e. The predicted molar refractivity (Wildman–Crippen MR) is 111 cm³/mol. The third-order valence-electron chi connectivity index (χ3n) is 3.56. The number of nitrogens with one attached hydrogen (secondary N) is 2. The Kier molecular flexibility index (Phi) is 6.66. The monoisotopic (exact) mass is 442 g/mol. The first kappa shape index (κ1) is 20.3. The molecule has 0 aliphatic rings. The number of alkyl halides is 2. The lowest BCUT2D eigenvalue weighted by Crippen LogP contribution is -2.20. The first-order valence-electron chi connectivity index (χ1n) is 8.00. The van der Waals surface area contributed by atoms with Crippen molar-refractivity contribution in [3.8, 4) is 5.75 Å². The first-order chi connectivity index (χ1) is 13.4. The molecule has 10 heteroatoms. The molecule has 0 saturated carbocycles. The lowest BCUT2D eigenvalue weighted by atomic mass is 10.2. The maximum Gasteiger partial charge on any atom is 0.387 e. The molecule has 0 atom stereocenters. The standard InChI is InChI=1S/C18H14Cl2F2N4OS/c19-12-6-5-11(9-13(12)20)10-26-8-7-16(25-26)24-18(28)23-14-3-1-2-4-15(14)27-17(21)22/h1-9,17H,10H2,(H2,23,24,25,28). The summed E-state index contributed by atoms with van der Waals surface area (Å²) in [5, 5.41) is 11.2. The highest BCUT2D eigenvalue weighted by molar-refractivity contribution is 7.80. The van der Waals surface area contributed by atoms with Crippen LogP contribution in [0.15, 0.2) is 54.7 Å². The van der Waals surface area contributed by atoms with Gasteiger partial charge in [0, 0.05) is 12.3 Å². The Morgan fingerprint density at radius 1 is 1.11 bits per heavy atom. The van der Waals surface area contributed by atoms with E-state index in [2.05, 4.69) is 20.5 Å². The van der Waals surface area contributed by atoms with Crippen molar-refractivity contribution in [3.05, 3.63) is 70.3 Å². The van der Waals surface area contributed by atoms with E-state index in [1.165, 1.54) is 6.07 Å². The Morgan fingerprint density at radius 3 is 2.64 bits per heavy atom. The molecule has 0 saturated heterocycles. The summed E-state index contributed by atoms with van der Waals surface area (Å²) in [6.45, 7) is -2.44. The van der Waals surface area contributed by atoms with Gasteiger partial charge in [0.25, 0.3) is 0 Å². The maximum atomic E-state index is 12.5. The fourth-order valence-corrected chi connectivity index (χ4v) is 2.92. The van der Waals surface area contributed by atoms with Gasteiger partial charge in [0.1, 0.15) is 5.75 Å². The minimum atomic E-state index is -2.93. The zero-order valence-corrected chi connectivity index (χ0v) is 16.5. The Morgan fingerprint density at radius 2 is 1.89 bits per heavy atom. The molecule has 0 spiro atoms. The van der Waals surface area contributed by atoms with E-state index in [1.807, 2.05) is 6.07 Å². The number of halogens is 4. The van der Waals surface area contributed by atoms with Crippen molar-refractivity contribution in [2.45, 2.75) is 13.2 Å². The molecule has 5 nitrogen and oxygen atoms in total. The van der Waals surface area contributed by atoms with Crippen LogP contribution in [0.4, 0.5) is 20.3 Å². The number of aromatic nitrogens is 2. The lowest BCUT2D eigenvalue weighted by Gasteiger charge is -2.13. The van der Waals surface area contributed by atoms with Crippen LogP contribution in [0, 0.1) is 0 Å². The van der Waals surface area contributed by atoms with E-state index >= 15 is 0 Å². The summed E-state index contributed by atoms with van der Waals surface area (Å²) in [4.78, 5) is 0. The van der Waals surface area contributed by atoms with Crippen LogP contribution in [0.25, 0.3) is 0 Å². The van der Waals surface area contributed by atoms with E-state index in [-0.39, 0.29) is 10.9 Å². The zero-order valence-electron chi connectivity index (χ0n) is 14.2. The van der Waals surface area contributed by atoms with Crippen molar-refractivity contribution in [1.82, 2.24) is 9.78 Å². The van der Waals surface area contributed by atoms with Crippen LogP contribution in [0.1, 0.15) is 5.56 Å². The van der Waals surface area contributed by atoms with Gasteiger partial charge in [-0.05, 0) is 42.0 Å². The van der Waals surface area contributed by atoms with E-state index in [4.69, 9.17) is 35.4 Å². The molecule has 146 valence electrons. The van der Waals surface area contributed by atoms with Gasteiger partial charge in [0.15, 0.2) is 10.9 Å². The summed E-state index contributed by atoms with van der Waals surface area (Å²) in [7, 11) is 0. The average Bonchev–Trinajstić information content (AvgIpc) is 3.06. The van der Waals surface area contributed by atoms with Crippen molar-refractivity contribution >= 4 is 52.0 Å². The van der Waals surface area contributed by atoms with Gasteiger partial charge < -0.3 is 15.4 Å². The number of anilines is 2. The number of ether oxygens (including phenoxy) is 1. The van der Waals surface area contributed by atoms with E-state index in [1.54, 1.807) is 47.3 Å². The van der Waals surface area contributed by atoms with Gasteiger partial charge >= 0.3 is 6.61 Å². The maximum absolute atomic E-state index is 12.5. The second-order valence-electron chi connectivity index (χ2n) is 5.60. The highest BCUT2D eigenvalue weighted by Gasteiger charge is 2.11. The van der Waals surface area contributed by atoms with Crippen LogP contribution in [0.5, 0.6) is 5.75 Å². The van der Waals surface area contributed by atoms with E-state index < -0.39 is 6.61 Å². The molecule has 28 heavy (non-hydrogen) atoms. The van der Waals surface area contributed by atoms with Crippen molar-refractivity contribution in [3.63, 3.8) is 0 Å². The number of hydrogen-bond acceptors (Lipinski definition) is 3. The van der Waals surface area contributed by atoms with Crippen LogP contribution in [-0.4, -0.2) is 21.5 Å². The average molecular weight is 443 g/mol. The molecular weight excluding hydrogens is 429 g/mol. The number of rotatable bonds is 6. The second kappa shape index (κ2) is 9.18. The highest BCUT2D eigenvalue weighted by atomic mass is 35.5. The molecule has 0 unspecified atom stereocenters. The number of para-hydroxylation sites is 2. The van der Waals surface area contributed by atoms with Gasteiger partial charge in [0.05, 0.1) is 22.3 Å². The molecule has 0 fully saturated rings. The molecule has 2 N–H and O–H groups in total. The number of thiocarbonyl (C=S) groups is 1. The van der Waals surface area contributed by atoms with Crippen LogP contribution < -0.4 is 15.4 Å². The Labute approximate surface area is 175 Å². The highest BCUT2D eigenvalue weighted by Crippen LogP contribution is 2.26. The predicted octanol–water partition coefficient (Wildman–Crippen LogP) is 5.65. The molecule has 1 heterocycles. The summed E-state index contributed by atoms with van der Waals surface area (Å²) in [6.07, 6.45) is 1.77. The molecule has 0 radical (unpaired) electrons. The van der Waals surface area contributed by atoms with Gasteiger partial charge in [-0.15, -0.1) is 0 Å². The molecule has 0 aliphatic carbocycles. The van der Waals surface area contributed by atoms with Gasteiger partial charge in [0.2, 0.25) is 0 Å². The molecule has 3 aromatic rings. The normalized spacial score (nSPS) is 10.8. The van der Waals surface area contributed by atoms with Crippen LogP contribution in [0.2, 0.25) is 10.0 Å². The summed E-state index contributed by atoms with van der Waals surface area (Å²) in [6, 6.07) is 13.3. The molecule has 0 amide bonds. The molecule has 0 aliphatic heterocycles. The van der Waals surface area contributed by atoms with Gasteiger partial charge in [-0.25, -0.2) is 0 Å². The lowest BCUT2D eigenvalue weighted by molar-refractivity contribution is -0.0493. The van der Waals surface area contributed by atoms with E-state index in [0.717, 1.165) is 5.56 Å². The Hall–Kier alpha value is -2.42. The molecule has 1 aromatic heterocycles. The Balaban J connectivity index is 1.62. The topological polar surface area (TPSA) is 51.1 Å². The minimum absolute atomic E-state index is 0.00760. The smallest absolute Gasteiger partial charge is 0.387 e. The van der Waals surface area contributed by atoms with Crippen LogP contribution in [0.3, 0.4) is 0 Å². The van der Waals surface area contributed by atoms with Crippen molar-refractivity contribution < 1.29 is 13.5 Å². The quantitative estimate of drug-likeness (QED) is 0.483. The summed E-state index contributed by atoms with van der Waals surface area (Å²) in [5.41, 5.74) is 1.25. The number of nitrogens with zero attached hydrogens (tertiary/aromatic N) is 2. The number of hydrogen-bond donors (Lipinski definition) is 2. The summed E-state index contributed by atoms with van der Waals surface area (Å²) in [5.74, 6) is 0.483. The summed E-state index contributed by atoms with van der Waals surface area (Å²) < 4.78 is 31.1. The molecule has 3 rings (SSSR count). The van der Waals surface area contributed by atoms with Gasteiger partial charge in [-0.1, -0.05) is 41.4 Å². The van der Waals surface area contributed by atoms with Gasteiger partial charge in [-0.2, -0.15) is 13.9 Å². The van der Waals surface area contributed by atoms with Crippen molar-refractivity contribution in [2.75, 3.05) is 10.6 Å². The fourth-order valence-electron chi connectivity index (χ4n) is 2.38. The van der Waals surface area contributed by atoms with E-state index in [0.29, 0.717) is 28.1 Å². The van der Waals surface area contributed by atoms with Crippen LogP contribution in [-0.2, 0) is 6.54 Å². The van der Waals surface area contributed by atoms with E-state index in [9.17, 15) is 8.78 Å². The Bertz CT molecular complexity index is 984. The third-order valence-corrected chi connectivity index (χ3v) is 4.51. The zero-order chi connectivity index (χ0) is 20.1. The van der Waals surface area contributed by atoms with Crippen molar-refractivity contribution in [2.24, 2.45) is 0 Å². The molecular formula is C18H14Cl2F2N4OS. The second-order valence-corrected chi connectivity index (χ2v) is 6.82. The molecule has 0 bridgehead atoms. The van der Waals surface area contributed by atoms with Gasteiger partial charge in [-0.3, -0.25) is 4.68 Å². The van der Waals surface area contributed by atoms with Crippen molar-refractivity contribution in [1.29, 1.82) is 0 Å². The van der Waals surface area contributed by atoms with Crippen LogP contribution >= 0.6 is 35.4 Å². The fraction of sp³-hybridized carbons (Fsp3) is 0.111. The summed E-state index contributed by atoms with van der Waals surface area (Å²) >= 11 is 17.1. The number of benzene rings is 2. The third kappa shape index (κ3) is 5.54. The molecule has 2 aromatic carbocycles.